The lowest BCUT2D eigenvalue weighted by Gasteiger charge is -2.11. The largest absolute Gasteiger partial charge is 0.492 e. The molecule has 6 nitrogen and oxygen atoms in total. The van der Waals surface area contributed by atoms with Crippen LogP contribution < -0.4 is 4.84 Å². The summed E-state index contributed by atoms with van der Waals surface area (Å²) in [6, 6.07) is 2.44. The van der Waals surface area contributed by atoms with Crippen molar-refractivity contribution in [1.29, 1.82) is 0 Å². The van der Waals surface area contributed by atoms with E-state index >= 15 is 0 Å². The van der Waals surface area contributed by atoms with Gasteiger partial charge in [-0.15, -0.1) is 16.5 Å². The number of aromatic nitrogens is 1. The summed E-state index contributed by atoms with van der Waals surface area (Å²) in [6.07, 6.45) is 0. The zero-order chi connectivity index (χ0) is 12.8. The summed E-state index contributed by atoms with van der Waals surface area (Å²) in [6.45, 7) is 4.26. The predicted octanol–water partition coefficient (Wildman–Crippen LogP) is 0.970. The van der Waals surface area contributed by atoms with Gasteiger partial charge in [-0.25, -0.2) is 4.79 Å². The van der Waals surface area contributed by atoms with Crippen LogP contribution in [-0.2, 0) is 9.53 Å². The molecule has 1 rings (SSSR count). The Morgan fingerprint density at radius 2 is 2.06 bits per heavy atom. The summed E-state index contributed by atoms with van der Waals surface area (Å²) in [5, 5.41) is 18.5. The molecular formula is C10H15NO5S. The van der Waals surface area contributed by atoms with Gasteiger partial charge in [0.15, 0.2) is 0 Å². The number of hydrogen-bond acceptors (Lipinski definition) is 6. The summed E-state index contributed by atoms with van der Waals surface area (Å²) >= 11 is 1.27. The summed E-state index contributed by atoms with van der Waals surface area (Å²) < 4.78 is 5.89. The van der Waals surface area contributed by atoms with Crippen molar-refractivity contribution in [3.8, 4) is 11.8 Å². The minimum atomic E-state index is -0.580. The van der Waals surface area contributed by atoms with Crippen LogP contribution in [0, 0.1) is 0 Å². The average molecular weight is 261 g/mol. The van der Waals surface area contributed by atoms with Crippen LogP contribution in [0.25, 0.3) is 0 Å². The fourth-order valence-corrected chi connectivity index (χ4v) is 1.75. The molecule has 0 bridgehead atoms. The molecule has 17 heavy (non-hydrogen) atoms. The Morgan fingerprint density at radius 1 is 1.47 bits per heavy atom. The van der Waals surface area contributed by atoms with Crippen LogP contribution in [0.3, 0.4) is 0 Å². The third-order valence-corrected chi connectivity index (χ3v) is 2.84. The van der Waals surface area contributed by atoms with Gasteiger partial charge in [0, 0.05) is 18.7 Å². The molecule has 1 unspecified atom stereocenters. The Bertz CT molecular complexity index is 359. The number of ether oxygens (including phenoxy) is 1. The second-order valence-electron chi connectivity index (χ2n) is 3.14. The first-order chi connectivity index (χ1) is 8.04. The zero-order valence-electron chi connectivity index (χ0n) is 9.62. The zero-order valence-corrected chi connectivity index (χ0v) is 10.4. The van der Waals surface area contributed by atoms with Gasteiger partial charge in [0.25, 0.3) is 0 Å². The highest BCUT2D eigenvalue weighted by Crippen LogP contribution is 2.19. The van der Waals surface area contributed by atoms with Crippen molar-refractivity contribution in [2.45, 2.75) is 19.3 Å². The molecule has 0 aliphatic rings. The molecule has 0 amide bonds. The van der Waals surface area contributed by atoms with Crippen LogP contribution in [0.15, 0.2) is 12.1 Å². The Labute approximate surface area is 103 Å². The number of carbonyl (C=O) groups excluding carboxylic acids is 1. The third-order valence-electron chi connectivity index (χ3n) is 1.83. The second-order valence-corrected chi connectivity index (χ2v) is 4.43. The molecule has 1 aromatic rings. The lowest BCUT2D eigenvalue weighted by atomic mass is 10.6. The molecule has 0 aliphatic heterocycles. The molecule has 7 heteroatoms. The normalized spacial score (nSPS) is 12.4. The fraction of sp³-hybridized carbons (Fsp3) is 0.500. The van der Waals surface area contributed by atoms with Crippen LogP contribution in [0.4, 0.5) is 0 Å². The van der Waals surface area contributed by atoms with Crippen molar-refractivity contribution in [2.75, 3.05) is 12.4 Å². The summed E-state index contributed by atoms with van der Waals surface area (Å²) in [5.74, 6) is -1.18. The molecule has 0 saturated heterocycles. The topological polar surface area (TPSA) is 80.9 Å². The minimum absolute atomic E-state index is 0.0677. The fourth-order valence-electron chi connectivity index (χ4n) is 1.09. The molecular weight excluding hydrogens is 246 g/mol. The number of rotatable bonds is 6. The first-order valence-corrected chi connectivity index (χ1v) is 6.13. The number of thioether (sulfide) groups is 1. The van der Waals surface area contributed by atoms with Crippen LogP contribution in [0.1, 0.15) is 13.8 Å². The van der Waals surface area contributed by atoms with Crippen molar-refractivity contribution >= 4 is 17.7 Å². The maximum atomic E-state index is 11.4. The van der Waals surface area contributed by atoms with Gasteiger partial charge in [0.05, 0.1) is 5.75 Å². The molecule has 96 valence electrons. The molecule has 0 spiro atoms. The summed E-state index contributed by atoms with van der Waals surface area (Å²) in [5.41, 5.74) is -0.112. The van der Waals surface area contributed by atoms with Crippen LogP contribution in [0.2, 0.25) is 0 Å². The smallest absolute Gasteiger partial charge is 0.343 e. The Hall–Kier alpha value is -1.34. The summed E-state index contributed by atoms with van der Waals surface area (Å²) in [4.78, 5) is 16.1. The Balaban J connectivity index is 2.40. The first kappa shape index (κ1) is 13.7. The van der Waals surface area contributed by atoms with E-state index in [4.69, 9.17) is 9.57 Å². The van der Waals surface area contributed by atoms with Crippen LogP contribution in [0.5, 0.6) is 11.8 Å². The van der Waals surface area contributed by atoms with E-state index in [0.29, 0.717) is 11.3 Å². The molecule has 1 aromatic heterocycles. The van der Waals surface area contributed by atoms with Gasteiger partial charge in [-0.2, -0.15) is 0 Å². The standard InChI is InChI=1S/C10H15NO5S/c1-3-15-7(2)17-6-10(14)16-11-8(12)4-5-9(11)13/h4-5,7,12-13H,3,6H2,1-2H3. The quantitative estimate of drug-likeness (QED) is 0.743. The lowest BCUT2D eigenvalue weighted by Crippen LogP contribution is -2.22. The summed E-state index contributed by atoms with van der Waals surface area (Å²) in [7, 11) is 0. The third kappa shape index (κ3) is 4.20. The molecule has 0 aromatic carbocycles. The molecule has 1 heterocycles. The van der Waals surface area contributed by atoms with Crippen molar-refractivity contribution < 1.29 is 24.6 Å². The van der Waals surface area contributed by atoms with E-state index in [-0.39, 0.29) is 22.9 Å². The van der Waals surface area contributed by atoms with E-state index in [9.17, 15) is 15.0 Å². The van der Waals surface area contributed by atoms with Crippen molar-refractivity contribution in [2.24, 2.45) is 0 Å². The van der Waals surface area contributed by atoms with Gasteiger partial charge in [-0.1, -0.05) is 0 Å². The number of aromatic hydroxyl groups is 2. The SMILES string of the molecule is CCOC(C)SCC(=O)On1c(O)ccc1O. The minimum Gasteiger partial charge on any atom is -0.492 e. The predicted molar refractivity (Wildman–Crippen MR) is 62.9 cm³/mol. The van der Waals surface area contributed by atoms with Crippen molar-refractivity contribution in [3.05, 3.63) is 12.1 Å². The van der Waals surface area contributed by atoms with E-state index in [2.05, 4.69) is 0 Å². The van der Waals surface area contributed by atoms with E-state index in [1.54, 1.807) is 0 Å². The molecule has 0 aliphatic carbocycles. The van der Waals surface area contributed by atoms with Gasteiger partial charge >= 0.3 is 5.97 Å². The molecule has 2 N–H and O–H groups in total. The molecule has 1 atom stereocenters. The van der Waals surface area contributed by atoms with E-state index in [1.165, 1.54) is 23.9 Å². The van der Waals surface area contributed by atoms with Crippen LogP contribution in [-0.4, -0.2) is 38.7 Å². The highest BCUT2D eigenvalue weighted by molar-refractivity contribution is 8.00. The molecule has 0 radical (unpaired) electrons. The first-order valence-electron chi connectivity index (χ1n) is 5.08. The Morgan fingerprint density at radius 3 is 2.59 bits per heavy atom. The van der Waals surface area contributed by atoms with Gasteiger partial charge in [-0.3, -0.25) is 0 Å². The van der Waals surface area contributed by atoms with E-state index < -0.39 is 5.97 Å². The van der Waals surface area contributed by atoms with Gasteiger partial charge < -0.3 is 19.8 Å². The van der Waals surface area contributed by atoms with E-state index in [0.717, 1.165) is 0 Å². The van der Waals surface area contributed by atoms with Crippen LogP contribution >= 0.6 is 11.8 Å². The molecule has 0 fully saturated rings. The highest BCUT2D eigenvalue weighted by atomic mass is 32.2. The maximum Gasteiger partial charge on any atom is 0.343 e. The van der Waals surface area contributed by atoms with E-state index in [1.807, 2.05) is 13.8 Å². The maximum absolute atomic E-state index is 11.4. The highest BCUT2D eigenvalue weighted by Gasteiger charge is 2.13. The second kappa shape index (κ2) is 6.41. The molecule has 0 saturated carbocycles. The van der Waals surface area contributed by atoms with Crippen molar-refractivity contribution in [1.82, 2.24) is 4.73 Å². The number of nitrogens with zero attached hydrogens (tertiary/aromatic N) is 1. The van der Waals surface area contributed by atoms with Crippen molar-refractivity contribution in [3.63, 3.8) is 0 Å². The van der Waals surface area contributed by atoms with Gasteiger partial charge in [0.1, 0.15) is 5.44 Å². The van der Waals surface area contributed by atoms with Gasteiger partial charge in [-0.05, 0) is 13.8 Å². The number of carbonyl (C=O) groups is 1. The Kier molecular flexibility index (Phi) is 5.17. The monoisotopic (exact) mass is 261 g/mol. The average Bonchev–Trinajstić information content (AvgIpc) is 2.58. The lowest BCUT2D eigenvalue weighted by molar-refractivity contribution is -0.142. The number of hydrogen-bond donors (Lipinski definition) is 2. The van der Waals surface area contributed by atoms with Gasteiger partial charge in [0.2, 0.25) is 11.8 Å².